The highest BCUT2D eigenvalue weighted by Crippen LogP contribution is 2.40. The molecule has 0 atom stereocenters. The molecule has 1 aliphatic rings. The fourth-order valence-corrected chi connectivity index (χ4v) is 2.58. The minimum absolute atomic E-state index is 0.0641. The molecule has 1 aliphatic carbocycles. The van der Waals surface area contributed by atoms with Crippen LogP contribution in [0, 0.1) is 13.8 Å². The molecule has 1 saturated carbocycles. The lowest BCUT2D eigenvalue weighted by Crippen LogP contribution is -2.26. The molecule has 0 radical (unpaired) electrons. The molecule has 0 spiro atoms. The Balaban J connectivity index is 2.30. The quantitative estimate of drug-likeness (QED) is 0.896. The first-order valence-electron chi connectivity index (χ1n) is 6.33. The van der Waals surface area contributed by atoms with Crippen molar-refractivity contribution in [1.82, 2.24) is 9.97 Å². The van der Waals surface area contributed by atoms with Crippen LogP contribution in [0.15, 0.2) is 0 Å². The van der Waals surface area contributed by atoms with Gasteiger partial charge < -0.3 is 5.73 Å². The van der Waals surface area contributed by atoms with Crippen molar-refractivity contribution in [3.05, 3.63) is 22.8 Å². The van der Waals surface area contributed by atoms with Gasteiger partial charge in [0, 0.05) is 18.8 Å². The van der Waals surface area contributed by atoms with E-state index in [4.69, 9.17) is 5.73 Å². The van der Waals surface area contributed by atoms with Crippen molar-refractivity contribution in [3.8, 4) is 0 Å². The van der Waals surface area contributed by atoms with Crippen LogP contribution in [0.2, 0.25) is 0 Å². The number of hydrogen-bond acceptors (Lipinski definition) is 3. The first kappa shape index (κ1) is 13.8. The van der Waals surface area contributed by atoms with E-state index >= 15 is 0 Å². The highest BCUT2D eigenvalue weighted by molar-refractivity contribution is 5.91. The maximum Gasteiger partial charge on any atom is 0.269 e. The molecular formula is C13H17F2N3O. The zero-order chi connectivity index (χ0) is 14.2. The number of aromatic nitrogens is 2. The van der Waals surface area contributed by atoms with Gasteiger partial charge in [0.25, 0.3) is 5.91 Å². The Bertz CT molecular complexity index is 507. The molecule has 1 fully saturated rings. The van der Waals surface area contributed by atoms with E-state index in [-0.39, 0.29) is 24.5 Å². The van der Waals surface area contributed by atoms with Crippen molar-refractivity contribution in [1.29, 1.82) is 0 Å². The number of rotatable bonds is 2. The van der Waals surface area contributed by atoms with Gasteiger partial charge in [-0.1, -0.05) is 0 Å². The topological polar surface area (TPSA) is 68.9 Å². The molecular weight excluding hydrogens is 252 g/mol. The summed E-state index contributed by atoms with van der Waals surface area (Å²) in [6.45, 7) is 3.45. The summed E-state index contributed by atoms with van der Waals surface area (Å²) in [7, 11) is 0. The van der Waals surface area contributed by atoms with Gasteiger partial charge in [-0.25, -0.2) is 13.8 Å². The van der Waals surface area contributed by atoms with Crippen molar-refractivity contribution in [2.24, 2.45) is 5.73 Å². The van der Waals surface area contributed by atoms with E-state index in [1.54, 1.807) is 13.8 Å². The predicted molar refractivity (Wildman–Crippen MR) is 66.2 cm³/mol. The molecule has 1 aromatic rings. The van der Waals surface area contributed by atoms with Crippen LogP contribution in [0.1, 0.15) is 59.2 Å². The van der Waals surface area contributed by atoms with Gasteiger partial charge in [0.05, 0.1) is 17.1 Å². The number of nitrogens with two attached hydrogens (primary N) is 1. The van der Waals surface area contributed by atoms with Crippen molar-refractivity contribution in [3.63, 3.8) is 0 Å². The lowest BCUT2D eigenvalue weighted by molar-refractivity contribution is -0.0385. The second-order valence-electron chi connectivity index (χ2n) is 5.12. The fourth-order valence-electron chi connectivity index (χ4n) is 2.58. The number of carbonyl (C=O) groups is 1. The van der Waals surface area contributed by atoms with E-state index in [1.807, 2.05) is 0 Å². The third-order valence-corrected chi connectivity index (χ3v) is 3.62. The molecule has 1 heterocycles. The fraction of sp³-hybridized carbons (Fsp3) is 0.615. The molecule has 2 N–H and O–H groups in total. The zero-order valence-corrected chi connectivity index (χ0v) is 11.0. The van der Waals surface area contributed by atoms with Gasteiger partial charge in [-0.05, 0) is 26.7 Å². The molecule has 0 aromatic carbocycles. The monoisotopic (exact) mass is 269 g/mol. The van der Waals surface area contributed by atoms with Gasteiger partial charge in [-0.3, -0.25) is 9.78 Å². The van der Waals surface area contributed by atoms with Gasteiger partial charge >= 0.3 is 0 Å². The molecule has 1 amide bonds. The van der Waals surface area contributed by atoms with Gasteiger partial charge in [0.15, 0.2) is 0 Å². The normalized spacial score (nSPS) is 19.4. The Kier molecular flexibility index (Phi) is 3.52. The van der Waals surface area contributed by atoms with E-state index in [0.29, 0.717) is 29.9 Å². The number of carbonyl (C=O) groups excluding carboxylic acids is 1. The van der Waals surface area contributed by atoms with Crippen molar-refractivity contribution >= 4 is 5.91 Å². The summed E-state index contributed by atoms with van der Waals surface area (Å²) >= 11 is 0. The van der Waals surface area contributed by atoms with Crippen molar-refractivity contribution in [2.45, 2.75) is 51.4 Å². The number of hydrogen-bond donors (Lipinski definition) is 1. The molecule has 19 heavy (non-hydrogen) atoms. The lowest BCUT2D eigenvalue weighted by atomic mass is 9.84. The van der Waals surface area contributed by atoms with Crippen LogP contribution >= 0.6 is 0 Å². The van der Waals surface area contributed by atoms with E-state index in [9.17, 15) is 13.6 Å². The Labute approximate surface area is 110 Å². The van der Waals surface area contributed by atoms with Gasteiger partial charge in [-0.2, -0.15) is 0 Å². The number of alkyl halides is 2. The van der Waals surface area contributed by atoms with Crippen LogP contribution < -0.4 is 5.73 Å². The third kappa shape index (κ3) is 2.88. The minimum atomic E-state index is -2.57. The van der Waals surface area contributed by atoms with E-state index < -0.39 is 11.8 Å². The summed E-state index contributed by atoms with van der Waals surface area (Å²) in [4.78, 5) is 19.8. The number of halogens is 2. The average Bonchev–Trinajstić information content (AvgIpc) is 2.29. The molecule has 0 aliphatic heterocycles. The summed E-state index contributed by atoms with van der Waals surface area (Å²) < 4.78 is 26.3. The molecule has 1 aromatic heterocycles. The molecule has 2 rings (SSSR count). The summed E-state index contributed by atoms with van der Waals surface area (Å²) in [5, 5.41) is 0. The Hall–Kier alpha value is -1.59. The van der Waals surface area contributed by atoms with E-state index in [0.717, 1.165) is 0 Å². The number of primary amides is 1. The second kappa shape index (κ2) is 4.83. The molecule has 4 nitrogen and oxygen atoms in total. The maximum atomic E-state index is 13.2. The summed E-state index contributed by atoms with van der Waals surface area (Å²) in [5.41, 5.74) is 7.19. The lowest BCUT2D eigenvalue weighted by Gasteiger charge is -2.28. The number of nitrogens with zero attached hydrogens (tertiary/aromatic N) is 2. The predicted octanol–water partition coefficient (Wildman–Crippen LogP) is 2.49. The molecule has 6 heteroatoms. The van der Waals surface area contributed by atoms with E-state index in [1.165, 1.54) is 0 Å². The van der Waals surface area contributed by atoms with Crippen LogP contribution in [0.3, 0.4) is 0 Å². The Morgan fingerprint density at radius 1 is 1.21 bits per heavy atom. The van der Waals surface area contributed by atoms with Crippen LogP contribution in [0.25, 0.3) is 0 Å². The standard InChI is InChI=1S/C13H17F2N3O/c1-7-10(9-3-5-13(14,15)6-4-9)18-11(12(16)19)8(2)17-7/h9H,3-6H2,1-2H3,(H2,16,19). The number of amides is 1. The van der Waals surface area contributed by atoms with Crippen LogP contribution in [-0.2, 0) is 0 Å². The third-order valence-electron chi connectivity index (χ3n) is 3.62. The van der Waals surface area contributed by atoms with Gasteiger partial charge in [0.2, 0.25) is 5.92 Å². The average molecular weight is 269 g/mol. The minimum Gasteiger partial charge on any atom is -0.364 e. The molecule has 0 unspecified atom stereocenters. The van der Waals surface area contributed by atoms with Crippen LogP contribution in [-0.4, -0.2) is 21.8 Å². The van der Waals surface area contributed by atoms with Gasteiger partial charge in [0.1, 0.15) is 5.69 Å². The second-order valence-corrected chi connectivity index (χ2v) is 5.12. The summed E-state index contributed by atoms with van der Waals surface area (Å²) in [6, 6.07) is 0. The Morgan fingerprint density at radius 3 is 2.32 bits per heavy atom. The maximum absolute atomic E-state index is 13.2. The van der Waals surface area contributed by atoms with Gasteiger partial charge in [-0.15, -0.1) is 0 Å². The summed E-state index contributed by atoms with van der Waals surface area (Å²) in [6.07, 6.45) is 0.449. The van der Waals surface area contributed by atoms with Crippen molar-refractivity contribution in [2.75, 3.05) is 0 Å². The summed E-state index contributed by atoms with van der Waals surface area (Å²) in [5.74, 6) is -3.27. The first-order valence-corrected chi connectivity index (χ1v) is 6.33. The smallest absolute Gasteiger partial charge is 0.269 e. The van der Waals surface area contributed by atoms with E-state index in [2.05, 4.69) is 9.97 Å². The van der Waals surface area contributed by atoms with Crippen LogP contribution in [0.5, 0.6) is 0 Å². The zero-order valence-electron chi connectivity index (χ0n) is 11.0. The van der Waals surface area contributed by atoms with Crippen molar-refractivity contribution < 1.29 is 13.6 Å². The number of aryl methyl sites for hydroxylation is 2. The highest BCUT2D eigenvalue weighted by atomic mass is 19.3. The van der Waals surface area contributed by atoms with Crippen LogP contribution in [0.4, 0.5) is 8.78 Å². The Morgan fingerprint density at radius 2 is 1.79 bits per heavy atom. The molecule has 0 saturated heterocycles. The first-order chi connectivity index (χ1) is 8.80. The largest absolute Gasteiger partial charge is 0.364 e. The SMILES string of the molecule is Cc1nc(C)c(C2CCC(F)(F)CC2)nc1C(N)=O. The molecule has 104 valence electrons. The molecule has 0 bridgehead atoms. The highest BCUT2D eigenvalue weighted by Gasteiger charge is 2.36.